The van der Waals surface area contributed by atoms with Crippen LogP contribution in [0.2, 0.25) is 0 Å². The van der Waals surface area contributed by atoms with Gasteiger partial charge in [0.05, 0.1) is 12.6 Å². The second-order valence-corrected chi connectivity index (χ2v) is 6.92. The van der Waals surface area contributed by atoms with Gasteiger partial charge < -0.3 is 9.67 Å². The molecule has 2 aromatic rings. The smallest absolute Gasteiger partial charge is 0.146 e. The molecular weight excluding hydrogens is 307 g/mol. The van der Waals surface area contributed by atoms with Crippen LogP contribution in [0.4, 0.5) is 4.39 Å². The van der Waals surface area contributed by atoms with Gasteiger partial charge in [-0.05, 0) is 30.5 Å². The summed E-state index contributed by atoms with van der Waals surface area (Å²) in [5.41, 5.74) is 0.739. The molecule has 3 rings (SSSR count). The Morgan fingerprint density at radius 1 is 1.25 bits per heavy atom. The molecule has 0 bridgehead atoms. The highest BCUT2D eigenvalue weighted by molar-refractivity contribution is 5.19. The number of rotatable bonds is 7. The maximum atomic E-state index is 13.0. The van der Waals surface area contributed by atoms with E-state index in [1.165, 1.54) is 12.1 Å². The second kappa shape index (κ2) is 6.99. The molecule has 1 atom stereocenters. The van der Waals surface area contributed by atoms with Gasteiger partial charge >= 0.3 is 0 Å². The van der Waals surface area contributed by atoms with Crippen LogP contribution in [0, 0.1) is 5.82 Å². The summed E-state index contributed by atoms with van der Waals surface area (Å²) in [5, 5.41) is 19.1. The van der Waals surface area contributed by atoms with Crippen LogP contribution in [-0.4, -0.2) is 37.4 Å². The molecule has 1 fully saturated rings. The number of halogens is 1. The predicted molar refractivity (Wildman–Crippen MR) is 89.9 cm³/mol. The molecule has 0 spiro atoms. The third-order valence-corrected chi connectivity index (χ3v) is 4.59. The van der Waals surface area contributed by atoms with E-state index >= 15 is 0 Å². The van der Waals surface area contributed by atoms with E-state index in [0.29, 0.717) is 25.0 Å². The molecule has 0 aliphatic heterocycles. The van der Waals surface area contributed by atoms with E-state index in [9.17, 15) is 9.50 Å². The molecule has 1 aliphatic carbocycles. The van der Waals surface area contributed by atoms with E-state index in [2.05, 4.69) is 28.9 Å². The first-order chi connectivity index (χ1) is 11.5. The molecule has 0 saturated heterocycles. The Morgan fingerprint density at radius 3 is 2.46 bits per heavy atom. The minimum atomic E-state index is -0.635. The Balaban J connectivity index is 1.70. The predicted octanol–water partition coefficient (Wildman–Crippen LogP) is 2.78. The SMILES string of the molecule is CC(C)c1nnc(CN(CC(O)c2ccc(F)cc2)C2CC2)n1C. The van der Waals surface area contributed by atoms with Crippen molar-refractivity contribution in [2.45, 2.75) is 51.3 Å². The highest BCUT2D eigenvalue weighted by Crippen LogP contribution is 2.30. The lowest BCUT2D eigenvalue weighted by atomic mass is 10.1. The van der Waals surface area contributed by atoms with E-state index in [1.54, 1.807) is 12.1 Å². The minimum Gasteiger partial charge on any atom is -0.387 e. The largest absolute Gasteiger partial charge is 0.387 e. The lowest BCUT2D eigenvalue weighted by Crippen LogP contribution is -2.31. The summed E-state index contributed by atoms with van der Waals surface area (Å²) in [4.78, 5) is 2.25. The lowest BCUT2D eigenvalue weighted by Gasteiger charge is -2.24. The summed E-state index contributed by atoms with van der Waals surface area (Å²) >= 11 is 0. The van der Waals surface area contributed by atoms with Crippen molar-refractivity contribution in [3.8, 4) is 0 Å². The molecule has 6 heteroatoms. The van der Waals surface area contributed by atoms with Crippen LogP contribution >= 0.6 is 0 Å². The van der Waals surface area contributed by atoms with E-state index in [0.717, 1.165) is 30.1 Å². The fraction of sp³-hybridized carbons (Fsp3) is 0.556. The van der Waals surface area contributed by atoms with Crippen molar-refractivity contribution in [1.29, 1.82) is 0 Å². The van der Waals surface area contributed by atoms with Crippen LogP contribution in [0.15, 0.2) is 24.3 Å². The van der Waals surface area contributed by atoms with Crippen LogP contribution in [0.25, 0.3) is 0 Å². The van der Waals surface area contributed by atoms with Gasteiger partial charge in [0.2, 0.25) is 0 Å². The van der Waals surface area contributed by atoms with Crippen LogP contribution < -0.4 is 0 Å². The number of aromatic nitrogens is 3. The summed E-state index contributed by atoms with van der Waals surface area (Å²) in [6.07, 6.45) is 1.65. The first-order valence-electron chi connectivity index (χ1n) is 8.51. The topological polar surface area (TPSA) is 54.2 Å². The maximum Gasteiger partial charge on any atom is 0.146 e. The normalized spacial score (nSPS) is 16.1. The highest BCUT2D eigenvalue weighted by atomic mass is 19.1. The standard InChI is InChI=1S/C18H25FN4O/c1-12(2)18-21-20-17(22(18)3)11-23(15-8-9-15)10-16(24)13-4-6-14(19)7-5-13/h4-7,12,15-16,24H,8-11H2,1-3H3. The Kier molecular flexibility index (Phi) is 4.96. The molecule has 1 saturated carbocycles. The van der Waals surface area contributed by atoms with E-state index < -0.39 is 6.10 Å². The molecule has 5 nitrogen and oxygen atoms in total. The van der Waals surface area contributed by atoms with E-state index in [1.807, 2.05) is 11.6 Å². The summed E-state index contributed by atoms with van der Waals surface area (Å²) in [6.45, 7) is 5.38. The third kappa shape index (κ3) is 3.82. The quantitative estimate of drug-likeness (QED) is 0.847. The number of nitrogens with zero attached hydrogens (tertiary/aromatic N) is 4. The van der Waals surface area contributed by atoms with Crippen molar-refractivity contribution in [1.82, 2.24) is 19.7 Å². The molecule has 0 amide bonds. The van der Waals surface area contributed by atoms with Crippen molar-refractivity contribution in [2.24, 2.45) is 7.05 Å². The van der Waals surface area contributed by atoms with Crippen LogP contribution in [0.1, 0.15) is 55.9 Å². The monoisotopic (exact) mass is 332 g/mol. The van der Waals surface area contributed by atoms with E-state index in [-0.39, 0.29) is 5.82 Å². The molecule has 1 aromatic carbocycles. The molecule has 130 valence electrons. The van der Waals surface area contributed by atoms with Gasteiger partial charge in [-0.25, -0.2) is 4.39 Å². The first kappa shape index (κ1) is 17.0. The zero-order valence-corrected chi connectivity index (χ0v) is 14.5. The summed E-state index contributed by atoms with van der Waals surface area (Å²) in [7, 11) is 1.99. The zero-order valence-electron chi connectivity index (χ0n) is 14.5. The van der Waals surface area contributed by atoms with Gasteiger partial charge in [0.15, 0.2) is 0 Å². The summed E-state index contributed by atoms with van der Waals surface area (Å²) in [6, 6.07) is 6.54. The van der Waals surface area contributed by atoms with Gasteiger partial charge in [-0.3, -0.25) is 4.90 Å². The molecule has 1 aromatic heterocycles. The average Bonchev–Trinajstić information content (AvgIpc) is 3.32. The van der Waals surface area contributed by atoms with Gasteiger partial charge in [-0.2, -0.15) is 0 Å². The fourth-order valence-electron chi connectivity index (χ4n) is 2.99. The van der Waals surface area contributed by atoms with E-state index in [4.69, 9.17) is 0 Å². The Labute approximate surface area is 142 Å². The van der Waals surface area contributed by atoms with Crippen LogP contribution in [0.3, 0.4) is 0 Å². The van der Waals surface area contributed by atoms with Gasteiger partial charge in [0.25, 0.3) is 0 Å². The van der Waals surface area contributed by atoms with Gasteiger partial charge in [-0.1, -0.05) is 26.0 Å². The Bertz CT molecular complexity index is 679. The molecule has 0 radical (unpaired) electrons. The summed E-state index contributed by atoms with van der Waals surface area (Å²) < 4.78 is 15.1. The molecule has 1 N–H and O–H groups in total. The van der Waals surface area contributed by atoms with Crippen LogP contribution in [0.5, 0.6) is 0 Å². The number of hydrogen-bond donors (Lipinski definition) is 1. The molecule has 1 aliphatic rings. The fourth-order valence-corrected chi connectivity index (χ4v) is 2.99. The lowest BCUT2D eigenvalue weighted by molar-refractivity contribution is 0.102. The molecule has 1 unspecified atom stereocenters. The zero-order chi connectivity index (χ0) is 17.3. The van der Waals surface area contributed by atoms with Gasteiger partial charge in [0.1, 0.15) is 17.5 Å². The average molecular weight is 332 g/mol. The number of aliphatic hydroxyl groups excluding tert-OH is 1. The Hall–Kier alpha value is -1.79. The first-order valence-corrected chi connectivity index (χ1v) is 8.51. The van der Waals surface area contributed by atoms with Crippen LogP contribution in [-0.2, 0) is 13.6 Å². The van der Waals surface area contributed by atoms with Gasteiger partial charge in [0, 0.05) is 25.6 Å². The molecule has 1 heterocycles. The van der Waals surface area contributed by atoms with Crippen molar-refractivity contribution < 1.29 is 9.50 Å². The number of aliphatic hydroxyl groups is 1. The highest BCUT2D eigenvalue weighted by Gasteiger charge is 2.31. The molecule has 24 heavy (non-hydrogen) atoms. The van der Waals surface area contributed by atoms with Crippen molar-refractivity contribution in [3.63, 3.8) is 0 Å². The third-order valence-electron chi connectivity index (χ3n) is 4.59. The molecular formula is C18H25FN4O. The minimum absolute atomic E-state index is 0.287. The number of benzene rings is 1. The number of hydrogen-bond acceptors (Lipinski definition) is 4. The Morgan fingerprint density at radius 2 is 1.92 bits per heavy atom. The summed E-state index contributed by atoms with van der Waals surface area (Å²) in [5.74, 6) is 1.93. The van der Waals surface area contributed by atoms with Crippen molar-refractivity contribution in [3.05, 3.63) is 47.3 Å². The maximum absolute atomic E-state index is 13.0. The van der Waals surface area contributed by atoms with Crippen molar-refractivity contribution in [2.75, 3.05) is 6.54 Å². The second-order valence-electron chi connectivity index (χ2n) is 6.92. The van der Waals surface area contributed by atoms with Gasteiger partial charge in [-0.15, -0.1) is 10.2 Å². The van der Waals surface area contributed by atoms with Crippen molar-refractivity contribution >= 4 is 0 Å².